The molecule has 2 aromatic rings. The number of amides is 4. The zero-order chi connectivity index (χ0) is 21.4. The molecule has 0 spiro atoms. The van der Waals surface area contributed by atoms with Crippen molar-refractivity contribution in [3.63, 3.8) is 0 Å². The monoisotopic (exact) mass is 412 g/mol. The van der Waals surface area contributed by atoms with Gasteiger partial charge in [0.1, 0.15) is 5.82 Å². The Balaban J connectivity index is 1.62. The highest BCUT2D eigenvalue weighted by molar-refractivity contribution is 5.96. The maximum absolute atomic E-state index is 13.5. The van der Waals surface area contributed by atoms with Crippen LogP contribution in [0.3, 0.4) is 0 Å². The number of halogens is 1. The van der Waals surface area contributed by atoms with Crippen molar-refractivity contribution in [1.82, 2.24) is 10.2 Å². The number of nitrogens with zero attached hydrogens (tertiary/aromatic N) is 2. The number of nitrogens with one attached hydrogen (secondary N) is 2. The number of hydrogen-bond donors (Lipinski definition) is 3. The van der Waals surface area contributed by atoms with E-state index >= 15 is 0 Å². The fraction of sp³-hybridized carbons (Fsp3) is 0.364. The summed E-state index contributed by atoms with van der Waals surface area (Å²) in [7, 11) is 0. The van der Waals surface area contributed by atoms with E-state index in [1.54, 1.807) is 15.9 Å². The molecule has 2 aromatic carbocycles. The number of hydrogen-bond acceptors (Lipinski definition) is 3. The molecule has 7 nitrogen and oxygen atoms in total. The average Bonchev–Trinajstić information content (AvgIpc) is 2.67. The van der Waals surface area contributed by atoms with Crippen LogP contribution in [0.1, 0.15) is 25.3 Å². The molecule has 158 valence electrons. The molecule has 8 heteroatoms. The Labute approximate surface area is 174 Å². The minimum absolute atomic E-state index is 0.0265. The fourth-order valence-electron chi connectivity index (χ4n) is 4.44. The molecule has 1 fully saturated rings. The second-order valence-electron chi connectivity index (χ2n) is 7.96. The molecule has 4 rings (SSSR count). The van der Waals surface area contributed by atoms with Gasteiger partial charge in [0, 0.05) is 29.9 Å². The van der Waals surface area contributed by atoms with Gasteiger partial charge < -0.3 is 20.6 Å². The third kappa shape index (κ3) is 3.47. The van der Waals surface area contributed by atoms with Crippen LogP contribution < -0.4 is 15.5 Å². The van der Waals surface area contributed by atoms with Crippen molar-refractivity contribution in [3.8, 4) is 0 Å². The zero-order valence-corrected chi connectivity index (χ0v) is 16.9. The molecular formula is C22H25FN4O3. The third-order valence-electron chi connectivity index (χ3n) is 5.65. The standard InChI is InChI=1S/C22H25FN4O3/c1-13(2)24-21(29)26-11-18-20(16-8-3-4-9-17(16)26)19(12-28)27(18)22(30)25-15-7-5-6-14(23)10-15/h3-10,13,18-20,28H,11-12H2,1-2H3,(H,24,29)(H,25,30)/t18-,19-,20+/m0/s1. The van der Waals surface area contributed by atoms with Crippen molar-refractivity contribution >= 4 is 23.4 Å². The number of benzene rings is 2. The van der Waals surface area contributed by atoms with Crippen LogP contribution in [0.15, 0.2) is 48.5 Å². The van der Waals surface area contributed by atoms with Crippen LogP contribution in [-0.4, -0.2) is 53.3 Å². The molecule has 0 saturated carbocycles. The second-order valence-corrected chi connectivity index (χ2v) is 7.96. The quantitative estimate of drug-likeness (QED) is 0.724. The molecule has 3 atom stereocenters. The first-order chi connectivity index (χ1) is 14.4. The number of para-hydroxylation sites is 1. The molecule has 0 aliphatic carbocycles. The molecule has 0 aromatic heterocycles. The van der Waals surface area contributed by atoms with Crippen LogP contribution in [0.2, 0.25) is 0 Å². The average molecular weight is 412 g/mol. The second kappa shape index (κ2) is 7.95. The van der Waals surface area contributed by atoms with Gasteiger partial charge in [-0.25, -0.2) is 14.0 Å². The van der Waals surface area contributed by atoms with Crippen molar-refractivity contribution in [1.29, 1.82) is 0 Å². The number of urea groups is 2. The normalized spacial score (nSPS) is 22.1. The number of rotatable bonds is 3. The van der Waals surface area contributed by atoms with Crippen LogP contribution >= 0.6 is 0 Å². The van der Waals surface area contributed by atoms with Gasteiger partial charge in [0.05, 0.1) is 18.7 Å². The SMILES string of the molecule is CC(C)NC(=O)N1C[C@H]2[C@@H](c3ccccc31)[C@H](CO)N2C(=O)Nc1cccc(F)c1. The molecule has 1 saturated heterocycles. The van der Waals surface area contributed by atoms with E-state index in [1.165, 1.54) is 18.2 Å². The molecule has 2 aliphatic heterocycles. The van der Waals surface area contributed by atoms with Gasteiger partial charge in [0.2, 0.25) is 0 Å². The minimum atomic E-state index is -0.448. The number of likely N-dealkylation sites (tertiary alicyclic amines) is 1. The number of aliphatic hydroxyl groups is 1. The first-order valence-electron chi connectivity index (χ1n) is 10.0. The lowest BCUT2D eigenvalue weighted by Crippen LogP contribution is -2.71. The van der Waals surface area contributed by atoms with E-state index in [0.29, 0.717) is 12.2 Å². The van der Waals surface area contributed by atoms with Crippen molar-refractivity contribution in [3.05, 3.63) is 59.9 Å². The van der Waals surface area contributed by atoms with Gasteiger partial charge in [0.25, 0.3) is 0 Å². The Morgan fingerprint density at radius 2 is 1.93 bits per heavy atom. The van der Waals surface area contributed by atoms with Gasteiger partial charge in [-0.3, -0.25) is 4.90 Å². The molecule has 0 unspecified atom stereocenters. The predicted molar refractivity (Wildman–Crippen MR) is 112 cm³/mol. The summed E-state index contributed by atoms with van der Waals surface area (Å²) in [6.45, 7) is 3.89. The summed E-state index contributed by atoms with van der Waals surface area (Å²) in [5.74, 6) is -0.524. The summed E-state index contributed by atoms with van der Waals surface area (Å²) in [5.41, 5.74) is 2.06. The summed E-state index contributed by atoms with van der Waals surface area (Å²) in [6.07, 6.45) is 0. The Bertz CT molecular complexity index is 967. The maximum Gasteiger partial charge on any atom is 0.322 e. The fourth-order valence-corrected chi connectivity index (χ4v) is 4.44. The smallest absolute Gasteiger partial charge is 0.322 e. The van der Waals surface area contributed by atoms with E-state index in [4.69, 9.17) is 0 Å². The Morgan fingerprint density at radius 1 is 1.17 bits per heavy atom. The Hall–Kier alpha value is -3.13. The summed E-state index contributed by atoms with van der Waals surface area (Å²) in [5, 5.41) is 15.6. The van der Waals surface area contributed by atoms with Crippen LogP contribution in [0.25, 0.3) is 0 Å². The van der Waals surface area contributed by atoms with Crippen molar-refractivity contribution in [2.75, 3.05) is 23.4 Å². The largest absolute Gasteiger partial charge is 0.394 e. The lowest BCUT2D eigenvalue weighted by atomic mass is 9.72. The molecule has 0 bridgehead atoms. The summed E-state index contributed by atoms with van der Waals surface area (Å²) in [6, 6.07) is 11.9. The highest BCUT2D eigenvalue weighted by Crippen LogP contribution is 2.48. The predicted octanol–water partition coefficient (Wildman–Crippen LogP) is 3.12. The minimum Gasteiger partial charge on any atom is -0.394 e. The molecule has 30 heavy (non-hydrogen) atoms. The Morgan fingerprint density at radius 3 is 2.63 bits per heavy atom. The topological polar surface area (TPSA) is 84.9 Å². The molecule has 4 amide bonds. The molecular weight excluding hydrogens is 387 g/mol. The van der Waals surface area contributed by atoms with Gasteiger partial charge in [-0.15, -0.1) is 0 Å². The first kappa shape index (κ1) is 20.2. The van der Waals surface area contributed by atoms with Crippen molar-refractivity contribution in [2.24, 2.45) is 0 Å². The maximum atomic E-state index is 13.5. The third-order valence-corrected chi connectivity index (χ3v) is 5.65. The van der Waals surface area contributed by atoms with Crippen molar-refractivity contribution < 1.29 is 19.1 Å². The van der Waals surface area contributed by atoms with E-state index in [-0.39, 0.29) is 30.6 Å². The number of anilines is 2. The van der Waals surface area contributed by atoms with Gasteiger partial charge in [-0.2, -0.15) is 0 Å². The summed E-state index contributed by atoms with van der Waals surface area (Å²) in [4.78, 5) is 29.0. The highest BCUT2D eigenvalue weighted by Gasteiger charge is 2.55. The Kier molecular flexibility index (Phi) is 5.34. The van der Waals surface area contributed by atoms with Gasteiger partial charge in [0.15, 0.2) is 0 Å². The lowest BCUT2D eigenvalue weighted by molar-refractivity contribution is -0.00197. The van der Waals surface area contributed by atoms with E-state index < -0.39 is 17.9 Å². The molecule has 2 aliphatic rings. The number of aliphatic hydroxyl groups excluding tert-OH is 1. The van der Waals surface area contributed by atoms with Crippen LogP contribution in [-0.2, 0) is 0 Å². The summed E-state index contributed by atoms with van der Waals surface area (Å²) >= 11 is 0. The number of carbonyl (C=O) groups excluding carboxylic acids is 2. The summed E-state index contributed by atoms with van der Waals surface area (Å²) < 4.78 is 13.5. The van der Waals surface area contributed by atoms with Gasteiger partial charge in [-0.1, -0.05) is 24.3 Å². The van der Waals surface area contributed by atoms with E-state index in [2.05, 4.69) is 10.6 Å². The zero-order valence-electron chi connectivity index (χ0n) is 16.9. The van der Waals surface area contributed by atoms with E-state index in [0.717, 1.165) is 11.3 Å². The first-order valence-corrected chi connectivity index (χ1v) is 10.0. The van der Waals surface area contributed by atoms with Gasteiger partial charge >= 0.3 is 12.1 Å². The van der Waals surface area contributed by atoms with Crippen molar-refractivity contribution in [2.45, 2.75) is 37.9 Å². The van der Waals surface area contributed by atoms with Crippen LogP contribution in [0.5, 0.6) is 0 Å². The van der Waals surface area contributed by atoms with E-state index in [9.17, 15) is 19.1 Å². The van der Waals surface area contributed by atoms with E-state index in [1.807, 2.05) is 38.1 Å². The van der Waals surface area contributed by atoms with Crippen LogP contribution in [0.4, 0.5) is 25.4 Å². The highest BCUT2D eigenvalue weighted by atomic mass is 19.1. The lowest BCUT2D eigenvalue weighted by Gasteiger charge is -2.58. The van der Waals surface area contributed by atoms with Gasteiger partial charge in [-0.05, 0) is 43.7 Å². The molecule has 3 N–H and O–H groups in total. The molecule has 2 heterocycles. The molecule has 0 radical (unpaired) electrons. The number of fused-ring (bicyclic) bond motifs is 3. The van der Waals surface area contributed by atoms with Crippen LogP contribution in [0, 0.1) is 5.82 Å². The number of carbonyl (C=O) groups is 2.